The molecule has 2 N–H and O–H groups in total. The second-order valence-electron chi connectivity index (χ2n) is 20.9. The molecule has 0 unspecified atom stereocenters. The van der Waals surface area contributed by atoms with Crippen LogP contribution in [0, 0.1) is 12.7 Å². The predicted molar refractivity (Wildman–Crippen MR) is 263 cm³/mol. The third-order valence-corrected chi connectivity index (χ3v) is 15.6. The lowest BCUT2D eigenvalue weighted by Gasteiger charge is -2.48. The van der Waals surface area contributed by atoms with E-state index in [0.29, 0.717) is 34.5 Å². The van der Waals surface area contributed by atoms with E-state index in [9.17, 15) is 4.79 Å². The fraction of sp³-hybridized carbons (Fsp3) is 0.623. The molecule has 12 heteroatoms. The van der Waals surface area contributed by atoms with Crippen LogP contribution in [0.5, 0.6) is 0 Å². The summed E-state index contributed by atoms with van der Waals surface area (Å²) in [7, 11) is 2.58. The highest BCUT2D eigenvalue weighted by Crippen LogP contribution is 2.52. The molecule has 2 saturated heterocycles. The van der Waals surface area contributed by atoms with Gasteiger partial charge in [-0.3, -0.25) is 9.59 Å². The number of aromatic nitrogens is 3. The lowest BCUT2D eigenvalue weighted by molar-refractivity contribution is -0.125. The lowest BCUT2D eigenvalue weighted by atomic mass is 9.65. The van der Waals surface area contributed by atoms with Crippen molar-refractivity contribution in [3.63, 3.8) is 0 Å². The number of nitrogens with zero attached hydrogens (tertiary/aromatic N) is 6. The number of likely N-dealkylation sites (tertiary alicyclic amines) is 1. The van der Waals surface area contributed by atoms with Crippen LogP contribution in [0.1, 0.15) is 171 Å². The van der Waals surface area contributed by atoms with Crippen molar-refractivity contribution in [1.82, 2.24) is 29.6 Å². The highest BCUT2D eigenvalue weighted by atomic mass is 19.1. The first-order valence-corrected chi connectivity index (χ1v) is 25.6. The number of amides is 2. The van der Waals surface area contributed by atoms with Gasteiger partial charge in [-0.05, 0) is 135 Å². The maximum Gasteiger partial charge on any atom is 0.251 e. The molecule has 5 aliphatic rings. The van der Waals surface area contributed by atoms with E-state index in [1.165, 1.54) is 109 Å². The van der Waals surface area contributed by atoms with E-state index in [1.807, 2.05) is 30.8 Å². The van der Waals surface area contributed by atoms with Gasteiger partial charge < -0.3 is 29.8 Å². The van der Waals surface area contributed by atoms with Crippen LogP contribution >= 0.6 is 0 Å². The van der Waals surface area contributed by atoms with Gasteiger partial charge in [-0.1, -0.05) is 95.0 Å². The van der Waals surface area contributed by atoms with Crippen molar-refractivity contribution < 1.29 is 14.0 Å². The number of halogens is 1. The summed E-state index contributed by atoms with van der Waals surface area (Å²) in [6.07, 6.45) is 24.2. The van der Waals surface area contributed by atoms with Crippen LogP contribution in [0.3, 0.4) is 0 Å². The van der Waals surface area contributed by atoms with Crippen molar-refractivity contribution in [2.75, 3.05) is 36.4 Å². The third-order valence-electron chi connectivity index (χ3n) is 15.6. The summed E-state index contributed by atoms with van der Waals surface area (Å²) in [5, 5.41) is 6.27. The smallest absolute Gasteiger partial charge is 0.251 e. The van der Waals surface area contributed by atoms with Gasteiger partial charge in [0.25, 0.3) is 5.91 Å². The van der Waals surface area contributed by atoms with Gasteiger partial charge in [-0.2, -0.15) is 0 Å². The number of pyridine rings is 1. The van der Waals surface area contributed by atoms with Gasteiger partial charge >= 0.3 is 0 Å². The lowest BCUT2D eigenvalue weighted by Crippen LogP contribution is -2.58. The molecule has 4 aromatic rings. The Balaban J connectivity index is 1.03. The summed E-state index contributed by atoms with van der Waals surface area (Å²) < 4.78 is 17.9. The molecule has 5 heterocycles. The van der Waals surface area contributed by atoms with E-state index in [2.05, 4.69) is 64.7 Å². The highest BCUT2D eigenvalue weighted by molar-refractivity contribution is 6.34. The molecule has 4 fully saturated rings. The first-order valence-electron chi connectivity index (χ1n) is 25.6. The Bertz CT molecular complexity index is 2310. The van der Waals surface area contributed by atoms with Crippen molar-refractivity contribution in [3.05, 3.63) is 65.2 Å². The summed E-state index contributed by atoms with van der Waals surface area (Å²) in [6.45, 7) is 13.9. The number of nitrogens with one attached hydrogen (secondary N) is 2. The normalized spacial score (nSPS) is 22.8. The molecule has 9 rings (SSSR count). The van der Waals surface area contributed by atoms with Gasteiger partial charge in [0, 0.05) is 41.0 Å². The largest absolute Gasteiger partial charge is 0.350 e. The van der Waals surface area contributed by atoms with Gasteiger partial charge in [0.1, 0.15) is 11.3 Å². The first-order chi connectivity index (χ1) is 31.5. The predicted octanol–water partition coefficient (Wildman–Crippen LogP) is 11.4. The molecule has 3 aliphatic heterocycles. The second-order valence-corrected chi connectivity index (χ2v) is 20.9. The number of carbonyl (C=O) groups excluding carboxylic acids is 2. The summed E-state index contributed by atoms with van der Waals surface area (Å²) in [6, 6.07) is 12.3. The minimum Gasteiger partial charge on any atom is -0.350 e. The van der Waals surface area contributed by atoms with Crippen LogP contribution in [-0.2, 0) is 10.2 Å². The number of benzene rings is 2. The standard InChI is InChI=1S/C53H73BFN8O2/c1-35(2)57-51(64)42-32-46(44(55)28-37(42)5)59-50-49-47(56-34-62(49)36(3)4)33-45(58-50)38-20-21-43-48(29-38)63(41-30-40(31-41)60-24-16-13-17-25-60)52(65)53(43)22-26-61(27-23-53)54-39-18-14-11-9-7-6-8-10-12-15-19-39/h20-21,28-29,32-36,39-41H,6-19,22-27,30-31H2,1-5H3,(H,57,64)(H,58,59). The van der Waals surface area contributed by atoms with Crippen molar-refractivity contribution >= 4 is 47.5 Å². The van der Waals surface area contributed by atoms with Crippen molar-refractivity contribution in [1.29, 1.82) is 0 Å². The summed E-state index contributed by atoms with van der Waals surface area (Å²) in [4.78, 5) is 46.0. The van der Waals surface area contributed by atoms with Crippen LogP contribution in [0.15, 0.2) is 42.7 Å². The SMILES string of the molecule is Cc1cc(F)c(Nc2nc(-c3ccc4c(c3)N(C3CC(N5CCCCC5)C3)C(=O)C43CCN([B]C4CCCCCCCCCCC4)CC3)cc3ncn(C(C)C)c23)cc1C(=O)NC(C)C. The fourth-order valence-corrected chi connectivity index (χ4v) is 11.8. The van der Waals surface area contributed by atoms with Gasteiger partial charge in [-0.15, -0.1) is 0 Å². The third kappa shape index (κ3) is 9.63. The van der Waals surface area contributed by atoms with E-state index in [4.69, 9.17) is 9.97 Å². The Morgan fingerprint density at radius 2 is 1.49 bits per heavy atom. The maximum absolute atomic E-state index is 15.9. The maximum atomic E-state index is 15.9. The van der Waals surface area contributed by atoms with Crippen LogP contribution in [0.4, 0.5) is 21.6 Å². The Hall–Kier alpha value is -4.29. The molecule has 0 bridgehead atoms. The van der Waals surface area contributed by atoms with Crippen LogP contribution in [-0.4, -0.2) is 87.8 Å². The Labute approximate surface area is 388 Å². The number of hydrogen-bond donors (Lipinski definition) is 2. The molecular formula is C53H73BFN8O2. The molecule has 1 radical (unpaired) electrons. The number of fused-ring (bicyclic) bond motifs is 3. The van der Waals surface area contributed by atoms with Crippen molar-refractivity contribution in [3.8, 4) is 11.3 Å². The Kier molecular flexibility index (Phi) is 14.0. The summed E-state index contributed by atoms with van der Waals surface area (Å²) in [5.74, 6) is 0.648. The molecule has 2 aliphatic carbocycles. The number of piperidine rings is 2. The molecule has 2 aromatic carbocycles. The van der Waals surface area contributed by atoms with E-state index < -0.39 is 11.2 Å². The van der Waals surface area contributed by atoms with E-state index in [-0.39, 0.29) is 35.6 Å². The monoisotopic (exact) mass is 884 g/mol. The number of imidazole rings is 1. The van der Waals surface area contributed by atoms with Crippen molar-refractivity contribution in [2.45, 2.75) is 186 Å². The van der Waals surface area contributed by atoms with E-state index in [0.717, 1.165) is 66.6 Å². The van der Waals surface area contributed by atoms with Gasteiger partial charge in [0.15, 0.2) is 5.82 Å². The minimum atomic E-state index is -0.538. The quantitative estimate of drug-likeness (QED) is 0.153. The van der Waals surface area contributed by atoms with Crippen LogP contribution in [0.25, 0.3) is 22.3 Å². The zero-order valence-electron chi connectivity index (χ0n) is 39.9. The molecule has 10 nitrogen and oxygen atoms in total. The second kappa shape index (κ2) is 19.9. The zero-order valence-corrected chi connectivity index (χ0v) is 39.9. The minimum absolute atomic E-state index is 0.0636. The molecule has 347 valence electrons. The highest BCUT2D eigenvalue weighted by Gasteiger charge is 2.55. The first kappa shape index (κ1) is 45.9. The molecule has 2 amide bonds. The van der Waals surface area contributed by atoms with Crippen LogP contribution in [0.2, 0.25) is 5.82 Å². The van der Waals surface area contributed by atoms with Gasteiger partial charge in [0.2, 0.25) is 13.3 Å². The molecule has 2 saturated carbocycles. The number of aryl methyl sites for hydroxylation is 1. The summed E-state index contributed by atoms with van der Waals surface area (Å²) >= 11 is 0. The van der Waals surface area contributed by atoms with Crippen molar-refractivity contribution in [2.24, 2.45) is 0 Å². The van der Waals surface area contributed by atoms with Gasteiger partial charge in [0.05, 0.1) is 28.6 Å². The van der Waals surface area contributed by atoms with E-state index in [1.54, 1.807) is 13.0 Å². The number of anilines is 3. The number of hydrogen-bond acceptors (Lipinski definition) is 7. The zero-order chi connectivity index (χ0) is 45.2. The average molecular weight is 884 g/mol. The molecule has 0 atom stereocenters. The average Bonchev–Trinajstić information content (AvgIpc) is 3.80. The Morgan fingerprint density at radius 3 is 2.15 bits per heavy atom. The summed E-state index contributed by atoms with van der Waals surface area (Å²) in [5.41, 5.74) is 5.86. The van der Waals surface area contributed by atoms with Crippen LogP contribution < -0.4 is 15.5 Å². The topological polar surface area (TPSA) is 98.6 Å². The molecule has 1 spiro atoms. The number of carbonyl (C=O) groups is 2. The number of rotatable bonds is 10. The van der Waals surface area contributed by atoms with E-state index >= 15 is 9.18 Å². The molecular weight excluding hydrogens is 810 g/mol. The van der Waals surface area contributed by atoms with Gasteiger partial charge in [-0.25, -0.2) is 14.4 Å². The molecule has 65 heavy (non-hydrogen) atoms. The molecule has 2 aromatic heterocycles. The fourth-order valence-electron chi connectivity index (χ4n) is 11.8. The Morgan fingerprint density at radius 1 is 0.831 bits per heavy atom.